The van der Waals surface area contributed by atoms with E-state index in [0.717, 1.165) is 16.3 Å². The Morgan fingerprint density at radius 1 is 1.20 bits per heavy atom. The number of benzene rings is 2. The van der Waals surface area contributed by atoms with Crippen LogP contribution in [0.5, 0.6) is 0 Å². The molecule has 0 N–H and O–H groups in total. The standard InChI is InChI=1S/C12H7BrFN/c1-7-2-8-4-11(13)12(14)5-9(8)3-10(7)6-15/h2-5H,1H3. The molecule has 2 rings (SSSR count). The molecule has 0 unspecified atom stereocenters. The van der Waals surface area contributed by atoms with E-state index in [1.54, 1.807) is 12.1 Å². The quantitative estimate of drug-likeness (QED) is 0.707. The molecule has 0 aromatic heterocycles. The molecular formula is C12H7BrFN. The zero-order valence-electron chi connectivity index (χ0n) is 8.01. The van der Waals surface area contributed by atoms with Crippen LogP contribution in [-0.4, -0.2) is 0 Å². The van der Waals surface area contributed by atoms with E-state index in [4.69, 9.17) is 5.26 Å². The molecule has 0 bridgehead atoms. The molecule has 0 aliphatic carbocycles. The van der Waals surface area contributed by atoms with Gasteiger partial charge in [-0.25, -0.2) is 4.39 Å². The Bertz CT molecular complexity index is 584. The molecule has 2 aromatic carbocycles. The minimum atomic E-state index is -0.310. The van der Waals surface area contributed by atoms with Crippen molar-refractivity contribution in [2.75, 3.05) is 0 Å². The number of rotatable bonds is 0. The summed E-state index contributed by atoms with van der Waals surface area (Å²) in [6.07, 6.45) is 0. The van der Waals surface area contributed by atoms with Gasteiger partial charge in [0.2, 0.25) is 0 Å². The average Bonchev–Trinajstić information content (AvgIpc) is 2.20. The molecule has 2 aromatic rings. The SMILES string of the molecule is Cc1cc2cc(Br)c(F)cc2cc1C#N. The van der Waals surface area contributed by atoms with Crippen LogP contribution in [0.25, 0.3) is 10.8 Å². The fourth-order valence-electron chi connectivity index (χ4n) is 1.53. The van der Waals surface area contributed by atoms with Crippen molar-refractivity contribution >= 4 is 26.7 Å². The van der Waals surface area contributed by atoms with Crippen molar-refractivity contribution in [3.63, 3.8) is 0 Å². The largest absolute Gasteiger partial charge is 0.206 e. The maximum absolute atomic E-state index is 13.3. The summed E-state index contributed by atoms with van der Waals surface area (Å²) >= 11 is 3.14. The fourth-order valence-corrected chi connectivity index (χ4v) is 1.89. The highest BCUT2D eigenvalue weighted by Crippen LogP contribution is 2.25. The second kappa shape index (κ2) is 3.63. The van der Waals surface area contributed by atoms with E-state index < -0.39 is 0 Å². The fraction of sp³-hybridized carbons (Fsp3) is 0.0833. The number of hydrogen-bond acceptors (Lipinski definition) is 1. The number of hydrogen-bond donors (Lipinski definition) is 0. The van der Waals surface area contributed by atoms with Gasteiger partial charge in [0.1, 0.15) is 5.82 Å². The summed E-state index contributed by atoms with van der Waals surface area (Å²) in [6, 6.07) is 8.83. The molecule has 0 amide bonds. The van der Waals surface area contributed by atoms with Crippen LogP contribution in [0.15, 0.2) is 28.7 Å². The molecule has 0 saturated carbocycles. The van der Waals surface area contributed by atoms with Crippen molar-refractivity contribution in [2.45, 2.75) is 6.92 Å². The third-order valence-corrected chi connectivity index (χ3v) is 2.95. The van der Waals surface area contributed by atoms with Gasteiger partial charge in [-0.05, 0) is 57.4 Å². The number of fused-ring (bicyclic) bond motifs is 1. The van der Waals surface area contributed by atoms with Crippen LogP contribution in [0.4, 0.5) is 4.39 Å². The Kier molecular flexibility index (Phi) is 2.45. The Morgan fingerprint density at radius 2 is 1.87 bits per heavy atom. The number of nitrogens with zero attached hydrogens (tertiary/aromatic N) is 1. The molecule has 0 atom stereocenters. The summed E-state index contributed by atoms with van der Waals surface area (Å²) in [5.41, 5.74) is 1.49. The van der Waals surface area contributed by atoms with Crippen molar-refractivity contribution in [3.8, 4) is 6.07 Å². The van der Waals surface area contributed by atoms with E-state index in [0.29, 0.717) is 10.0 Å². The van der Waals surface area contributed by atoms with Crippen LogP contribution in [0.3, 0.4) is 0 Å². The number of halogens is 2. The zero-order chi connectivity index (χ0) is 11.0. The molecule has 0 spiro atoms. The maximum Gasteiger partial charge on any atom is 0.138 e. The lowest BCUT2D eigenvalue weighted by Gasteiger charge is -2.03. The molecule has 0 aliphatic rings. The summed E-state index contributed by atoms with van der Waals surface area (Å²) in [7, 11) is 0. The molecule has 1 nitrogen and oxygen atoms in total. The van der Waals surface area contributed by atoms with Crippen LogP contribution in [0.2, 0.25) is 0 Å². The van der Waals surface area contributed by atoms with Gasteiger partial charge in [0.15, 0.2) is 0 Å². The Labute approximate surface area is 95.3 Å². The van der Waals surface area contributed by atoms with E-state index in [-0.39, 0.29) is 5.82 Å². The lowest BCUT2D eigenvalue weighted by molar-refractivity contribution is 0.623. The first-order chi connectivity index (χ1) is 7.11. The first kappa shape index (κ1) is 10.1. The Hall–Kier alpha value is -1.40. The van der Waals surface area contributed by atoms with Gasteiger partial charge in [-0.15, -0.1) is 0 Å². The van der Waals surface area contributed by atoms with Gasteiger partial charge in [0.05, 0.1) is 16.1 Å². The van der Waals surface area contributed by atoms with Crippen LogP contribution in [-0.2, 0) is 0 Å². The normalized spacial score (nSPS) is 10.3. The Balaban J connectivity index is 2.84. The lowest BCUT2D eigenvalue weighted by Crippen LogP contribution is -1.85. The first-order valence-corrected chi connectivity index (χ1v) is 5.20. The molecule has 0 radical (unpaired) electrons. The number of aryl methyl sites for hydroxylation is 1. The van der Waals surface area contributed by atoms with Gasteiger partial charge in [-0.2, -0.15) is 5.26 Å². The molecule has 3 heteroatoms. The van der Waals surface area contributed by atoms with E-state index in [2.05, 4.69) is 22.0 Å². The zero-order valence-corrected chi connectivity index (χ0v) is 9.60. The highest BCUT2D eigenvalue weighted by molar-refractivity contribution is 9.10. The first-order valence-electron chi connectivity index (χ1n) is 4.41. The second-order valence-electron chi connectivity index (χ2n) is 3.39. The third kappa shape index (κ3) is 1.73. The summed E-state index contributed by atoms with van der Waals surface area (Å²) in [5.74, 6) is -0.310. The van der Waals surface area contributed by atoms with Crippen LogP contribution in [0, 0.1) is 24.1 Å². The van der Waals surface area contributed by atoms with Crippen molar-refractivity contribution in [3.05, 3.63) is 45.7 Å². The Morgan fingerprint density at radius 3 is 2.53 bits per heavy atom. The maximum atomic E-state index is 13.3. The average molecular weight is 264 g/mol. The van der Waals surface area contributed by atoms with Crippen molar-refractivity contribution in [2.24, 2.45) is 0 Å². The van der Waals surface area contributed by atoms with Gasteiger partial charge in [0, 0.05) is 0 Å². The molecule has 0 aliphatic heterocycles. The van der Waals surface area contributed by atoms with Crippen molar-refractivity contribution < 1.29 is 4.39 Å². The van der Waals surface area contributed by atoms with E-state index in [1.165, 1.54) is 6.07 Å². The highest BCUT2D eigenvalue weighted by atomic mass is 79.9. The summed E-state index contributed by atoms with van der Waals surface area (Å²) in [6.45, 7) is 1.87. The molecule has 74 valence electrons. The molecule has 0 saturated heterocycles. The minimum Gasteiger partial charge on any atom is -0.206 e. The molecule has 0 heterocycles. The second-order valence-corrected chi connectivity index (χ2v) is 4.25. The summed E-state index contributed by atoms with van der Waals surface area (Å²) < 4.78 is 13.7. The predicted molar refractivity (Wildman–Crippen MR) is 61.1 cm³/mol. The van der Waals surface area contributed by atoms with Crippen LogP contribution < -0.4 is 0 Å². The monoisotopic (exact) mass is 263 g/mol. The molecule has 15 heavy (non-hydrogen) atoms. The minimum absolute atomic E-state index is 0.310. The predicted octanol–water partition coefficient (Wildman–Crippen LogP) is 3.92. The topological polar surface area (TPSA) is 23.8 Å². The third-order valence-electron chi connectivity index (χ3n) is 2.34. The number of nitriles is 1. The van der Waals surface area contributed by atoms with Crippen LogP contribution >= 0.6 is 15.9 Å². The summed E-state index contributed by atoms with van der Waals surface area (Å²) in [4.78, 5) is 0. The summed E-state index contributed by atoms with van der Waals surface area (Å²) in [5, 5.41) is 10.5. The van der Waals surface area contributed by atoms with E-state index in [9.17, 15) is 4.39 Å². The smallest absolute Gasteiger partial charge is 0.138 e. The van der Waals surface area contributed by atoms with Gasteiger partial charge in [0.25, 0.3) is 0 Å². The van der Waals surface area contributed by atoms with Crippen molar-refractivity contribution in [1.82, 2.24) is 0 Å². The van der Waals surface area contributed by atoms with Gasteiger partial charge < -0.3 is 0 Å². The molecular weight excluding hydrogens is 257 g/mol. The van der Waals surface area contributed by atoms with Gasteiger partial charge in [-0.1, -0.05) is 6.07 Å². The lowest BCUT2D eigenvalue weighted by atomic mass is 10.0. The van der Waals surface area contributed by atoms with Gasteiger partial charge in [-0.3, -0.25) is 0 Å². The molecule has 0 fully saturated rings. The van der Waals surface area contributed by atoms with Crippen LogP contribution in [0.1, 0.15) is 11.1 Å². The van der Waals surface area contributed by atoms with E-state index in [1.807, 2.05) is 13.0 Å². The van der Waals surface area contributed by atoms with Crippen molar-refractivity contribution in [1.29, 1.82) is 5.26 Å². The van der Waals surface area contributed by atoms with Gasteiger partial charge >= 0.3 is 0 Å². The van der Waals surface area contributed by atoms with E-state index >= 15 is 0 Å². The highest BCUT2D eigenvalue weighted by Gasteiger charge is 2.05.